The number of hydrogen-bond donors (Lipinski definition) is 1. The van der Waals surface area contributed by atoms with Crippen molar-refractivity contribution in [2.45, 2.75) is 11.6 Å². The lowest BCUT2D eigenvalue weighted by Crippen LogP contribution is -2.47. The van der Waals surface area contributed by atoms with E-state index < -0.39 is 0 Å². The normalized spacial score (nSPS) is 13.9. The highest BCUT2D eigenvalue weighted by atomic mass is 32.2. The maximum Gasteiger partial charge on any atom is 0.254 e. The Hall–Kier alpha value is -3.80. The van der Waals surface area contributed by atoms with E-state index in [9.17, 15) is 4.79 Å². The Bertz CT molecular complexity index is 1270. The van der Waals surface area contributed by atoms with Crippen molar-refractivity contribution in [1.82, 2.24) is 40.0 Å². The Balaban J connectivity index is 1.24. The van der Waals surface area contributed by atoms with Crippen LogP contribution in [0, 0.1) is 0 Å². The van der Waals surface area contributed by atoms with Gasteiger partial charge in [0.15, 0.2) is 5.65 Å². The summed E-state index contributed by atoms with van der Waals surface area (Å²) in [5.74, 6) is 1.47. The number of piperazine rings is 1. The quantitative estimate of drug-likeness (QED) is 0.393. The molecule has 1 aliphatic rings. The number of nitrogens with zero attached hydrogens (tertiary/aromatic N) is 9. The van der Waals surface area contributed by atoms with Crippen LogP contribution in [0.1, 0.15) is 10.4 Å². The molecule has 0 atom stereocenters. The third-order valence-electron chi connectivity index (χ3n) is 5.65. The molecule has 0 saturated carbocycles. The molecule has 1 amide bonds. The molecule has 0 radical (unpaired) electrons. The third-order valence-corrected chi connectivity index (χ3v) is 6.36. The molecule has 174 valence electrons. The van der Waals surface area contributed by atoms with Crippen molar-refractivity contribution in [2.75, 3.05) is 48.8 Å². The van der Waals surface area contributed by atoms with Gasteiger partial charge in [0.25, 0.3) is 5.91 Å². The number of pyridine rings is 1. The highest BCUT2D eigenvalue weighted by Crippen LogP contribution is 2.24. The summed E-state index contributed by atoms with van der Waals surface area (Å²) in [5.41, 5.74) is 1.32. The monoisotopic (exact) mass is 476 g/mol. The van der Waals surface area contributed by atoms with Gasteiger partial charge in [0, 0.05) is 51.3 Å². The minimum atomic E-state index is -0.149. The van der Waals surface area contributed by atoms with Gasteiger partial charge in [-0.25, -0.2) is 29.6 Å². The van der Waals surface area contributed by atoms with Crippen LogP contribution >= 0.6 is 11.8 Å². The molecule has 4 aromatic rings. The van der Waals surface area contributed by atoms with Gasteiger partial charge < -0.3 is 15.1 Å². The summed E-state index contributed by atoms with van der Waals surface area (Å²) in [7, 11) is 0. The molecular weight excluding hydrogens is 452 g/mol. The second kappa shape index (κ2) is 10.00. The van der Waals surface area contributed by atoms with Crippen molar-refractivity contribution in [3.8, 4) is 0 Å². The highest BCUT2D eigenvalue weighted by Gasteiger charge is 2.22. The van der Waals surface area contributed by atoms with Gasteiger partial charge >= 0.3 is 0 Å². The van der Waals surface area contributed by atoms with Crippen LogP contribution in [0.15, 0.2) is 54.3 Å². The van der Waals surface area contributed by atoms with Crippen LogP contribution in [-0.2, 0) is 6.54 Å². The van der Waals surface area contributed by atoms with E-state index in [2.05, 4.69) is 45.1 Å². The fourth-order valence-electron chi connectivity index (χ4n) is 3.97. The third kappa shape index (κ3) is 4.49. The fraction of sp³-hybridized carbons (Fsp3) is 0.318. The van der Waals surface area contributed by atoms with Gasteiger partial charge in [-0.05, 0) is 24.5 Å². The van der Waals surface area contributed by atoms with E-state index in [0.717, 1.165) is 49.0 Å². The van der Waals surface area contributed by atoms with Crippen LogP contribution in [0.2, 0.25) is 0 Å². The lowest BCUT2D eigenvalue weighted by Gasteiger charge is -2.35. The Morgan fingerprint density at radius 2 is 1.76 bits per heavy atom. The first kappa shape index (κ1) is 22.0. The van der Waals surface area contributed by atoms with Gasteiger partial charge in [-0.3, -0.25) is 4.79 Å². The zero-order valence-corrected chi connectivity index (χ0v) is 19.5. The van der Waals surface area contributed by atoms with Gasteiger partial charge in [0.2, 0.25) is 5.95 Å². The number of nitrogens with one attached hydrogen (secondary N) is 1. The number of hydrogen-bond acceptors (Lipinski definition) is 10. The van der Waals surface area contributed by atoms with E-state index >= 15 is 0 Å². The van der Waals surface area contributed by atoms with Gasteiger partial charge in [-0.15, -0.1) is 11.8 Å². The molecule has 1 saturated heterocycles. The molecule has 12 heteroatoms. The summed E-state index contributed by atoms with van der Waals surface area (Å²) in [6, 6.07) is 5.36. The molecule has 0 aliphatic carbocycles. The molecule has 5 heterocycles. The van der Waals surface area contributed by atoms with Crippen molar-refractivity contribution in [2.24, 2.45) is 0 Å². The zero-order chi connectivity index (χ0) is 23.3. The lowest BCUT2D eigenvalue weighted by molar-refractivity contribution is 0.0948. The Labute approximate surface area is 200 Å². The van der Waals surface area contributed by atoms with Crippen molar-refractivity contribution in [3.63, 3.8) is 0 Å². The molecule has 34 heavy (non-hydrogen) atoms. The van der Waals surface area contributed by atoms with Crippen molar-refractivity contribution < 1.29 is 4.79 Å². The minimum absolute atomic E-state index is 0.149. The van der Waals surface area contributed by atoms with Crippen molar-refractivity contribution in [1.29, 1.82) is 0 Å². The van der Waals surface area contributed by atoms with Gasteiger partial charge in [0.05, 0.1) is 23.7 Å². The number of rotatable bonds is 7. The van der Waals surface area contributed by atoms with E-state index in [1.54, 1.807) is 47.9 Å². The van der Waals surface area contributed by atoms with Crippen LogP contribution in [-0.4, -0.2) is 79.6 Å². The SMILES string of the molecule is CSc1ncccc1C(=O)NCCn1ncc2c(N3CCN(c4ncccn4)CC3)ncnc21. The maximum atomic E-state index is 12.6. The molecule has 1 fully saturated rings. The standard InChI is InChI=1S/C22H24N10OS/c1-34-21-16(4-2-5-24-21)20(33)23-8-9-32-19-17(14-29-32)18(27-15-28-19)30-10-12-31(13-11-30)22-25-6-3-7-26-22/h2-7,14-15H,8-13H2,1H3,(H,23,33). The molecule has 5 rings (SSSR count). The number of thioether (sulfide) groups is 1. The Morgan fingerprint density at radius 1 is 1.00 bits per heavy atom. The van der Waals surface area contributed by atoms with E-state index in [1.807, 2.05) is 12.3 Å². The smallest absolute Gasteiger partial charge is 0.254 e. The van der Waals surface area contributed by atoms with Gasteiger partial charge in [-0.1, -0.05) is 0 Å². The Kier molecular flexibility index (Phi) is 6.47. The number of aromatic nitrogens is 7. The van der Waals surface area contributed by atoms with E-state index in [4.69, 9.17) is 0 Å². The van der Waals surface area contributed by atoms with Crippen molar-refractivity contribution >= 4 is 40.5 Å². The molecule has 1 aliphatic heterocycles. The molecule has 0 spiro atoms. The van der Waals surface area contributed by atoms with Crippen LogP contribution in [0.25, 0.3) is 11.0 Å². The molecular formula is C22H24N10OS. The van der Waals surface area contributed by atoms with Crippen LogP contribution < -0.4 is 15.1 Å². The first-order valence-corrected chi connectivity index (χ1v) is 12.2. The molecule has 1 N–H and O–H groups in total. The minimum Gasteiger partial charge on any atom is -0.352 e. The van der Waals surface area contributed by atoms with Gasteiger partial charge in [-0.2, -0.15) is 5.10 Å². The van der Waals surface area contributed by atoms with Crippen LogP contribution in [0.5, 0.6) is 0 Å². The summed E-state index contributed by atoms with van der Waals surface area (Å²) >= 11 is 1.45. The summed E-state index contributed by atoms with van der Waals surface area (Å²) < 4.78 is 1.80. The number of carbonyl (C=O) groups is 1. The van der Waals surface area contributed by atoms with Crippen LogP contribution in [0.3, 0.4) is 0 Å². The van der Waals surface area contributed by atoms with Crippen LogP contribution in [0.4, 0.5) is 11.8 Å². The average Bonchev–Trinajstić information content (AvgIpc) is 3.32. The second-order valence-corrected chi connectivity index (χ2v) is 8.44. The lowest BCUT2D eigenvalue weighted by atomic mass is 10.2. The molecule has 4 aromatic heterocycles. The summed E-state index contributed by atoms with van der Waals surface area (Å²) in [5, 5.41) is 9.06. The summed E-state index contributed by atoms with van der Waals surface area (Å²) in [4.78, 5) is 38.9. The summed E-state index contributed by atoms with van der Waals surface area (Å²) in [6.45, 7) is 4.14. The largest absolute Gasteiger partial charge is 0.352 e. The predicted molar refractivity (Wildman–Crippen MR) is 130 cm³/mol. The first-order valence-electron chi connectivity index (χ1n) is 10.9. The number of amides is 1. The molecule has 0 bridgehead atoms. The zero-order valence-electron chi connectivity index (χ0n) is 18.7. The first-order chi connectivity index (χ1) is 16.7. The average molecular weight is 477 g/mol. The Morgan fingerprint density at radius 3 is 2.56 bits per heavy atom. The maximum absolute atomic E-state index is 12.6. The number of carbonyl (C=O) groups excluding carboxylic acids is 1. The summed E-state index contributed by atoms with van der Waals surface area (Å²) in [6.07, 6.45) is 10.5. The topological polar surface area (TPSA) is 118 Å². The molecule has 11 nitrogen and oxygen atoms in total. The second-order valence-electron chi connectivity index (χ2n) is 7.64. The number of fused-ring (bicyclic) bond motifs is 1. The molecule has 0 aromatic carbocycles. The van der Waals surface area contributed by atoms with E-state index in [0.29, 0.717) is 23.7 Å². The van der Waals surface area contributed by atoms with E-state index in [-0.39, 0.29) is 5.91 Å². The number of anilines is 2. The van der Waals surface area contributed by atoms with Crippen molar-refractivity contribution in [3.05, 3.63) is 54.9 Å². The van der Waals surface area contributed by atoms with Gasteiger partial charge in [0.1, 0.15) is 17.2 Å². The molecule has 0 unspecified atom stereocenters. The highest BCUT2D eigenvalue weighted by molar-refractivity contribution is 7.98. The fourth-order valence-corrected chi connectivity index (χ4v) is 4.51. The van der Waals surface area contributed by atoms with E-state index in [1.165, 1.54) is 11.8 Å². The predicted octanol–water partition coefficient (Wildman–Crippen LogP) is 1.49.